The van der Waals surface area contributed by atoms with Crippen LogP contribution in [-0.4, -0.2) is 35.7 Å². The summed E-state index contributed by atoms with van der Waals surface area (Å²) >= 11 is 0. The molecule has 0 fully saturated rings. The molecule has 0 saturated carbocycles. The van der Waals surface area contributed by atoms with Gasteiger partial charge in [-0.2, -0.15) is 0 Å². The lowest BCUT2D eigenvalue weighted by atomic mass is 10.2. The van der Waals surface area contributed by atoms with Crippen LogP contribution in [0.15, 0.2) is 17.3 Å². The van der Waals surface area contributed by atoms with Gasteiger partial charge < -0.3 is 5.11 Å². The maximum atomic E-state index is 11.2. The summed E-state index contributed by atoms with van der Waals surface area (Å²) in [6.45, 7) is 0. The van der Waals surface area contributed by atoms with Crippen molar-refractivity contribution in [3.63, 3.8) is 0 Å². The van der Waals surface area contributed by atoms with Gasteiger partial charge in [-0.1, -0.05) is 0 Å². The van der Waals surface area contributed by atoms with Gasteiger partial charge >= 0.3 is 11.7 Å². The van der Waals surface area contributed by atoms with Crippen LogP contribution in [0.2, 0.25) is 0 Å². The van der Waals surface area contributed by atoms with Gasteiger partial charge in [0.1, 0.15) is 5.56 Å². The molecule has 0 aliphatic rings. The van der Waals surface area contributed by atoms with Gasteiger partial charge in [0.15, 0.2) is 9.84 Å². The Balaban J connectivity index is 3.72. The molecule has 0 aliphatic carbocycles. The highest BCUT2D eigenvalue weighted by Crippen LogP contribution is 2.25. The Labute approximate surface area is 89.6 Å². The second-order valence-corrected chi connectivity index (χ2v) is 4.78. The number of carboxylic acids is 1. The van der Waals surface area contributed by atoms with E-state index in [2.05, 4.69) is 4.98 Å². The van der Waals surface area contributed by atoms with E-state index in [1.807, 2.05) is 0 Å². The number of carboxylic acid groups (broad SMARTS) is 1. The number of nitro groups is 1. The Morgan fingerprint density at radius 1 is 1.56 bits per heavy atom. The first kappa shape index (κ1) is 12.0. The lowest BCUT2D eigenvalue weighted by Gasteiger charge is -2.01. The van der Waals surface area contributed by atoms with Crippen molar-refractivity contribution in [3.8, 4) is 0 Å². The van der Waals surface area contributed by atoms with Crippen LogP contribution in [0.4, 0.5) is 5.69 Å². The molecule has 0 bridgehead atoms. The van der Waals surface area contributed by atoms with Crippen LogP contribution in [0.1, 0.15) is 10.4 Å². The van der Waals surface area contributed by atoms with Gasteiger partial charge in [-0.25, -0.2) is 18.2 Å². The van der Waals surface area contributed by atoms with Gasteiger partial charge in [0.2, 0.25) is 5.03 Å². The lowest BCUT2D eigenvalue weighted by Crippen LogP contribution is -2.10. The predicted molar refractivity (Wildman–Crippen MR) is 51.0 cm³/mol. The van der Waals surface area contributed by atoms with E-state index >= 15 is 0 Å². The van der Waals surface area contributed by atoms with E-state index in [-0.39, 0.29) is 0 Å². The van der Waals surface area contributed by atoms with Crippen molar-refractivity contribution in [2.45, 2.75) is 5.03 Å². The molecule has 86 valence electrons. The molecule has 0 unspecified atom stereocenters. The van der Waals surface area contributed by atoms with Crippen molar-refractivity contribution in [2.24, 2.45) is 0 Å². The van der Waals surface area contributed by atoms with E-state index in [0.29, 0.717) is 6.26 Å². The molecular weight excluding hydrogens is 240 g/mol. The van der Waals surface area contributed by atoms with Crippen molar-refractivity contribution in [1.29, 1.82) is 0 Å². The second kappa shape index (κ2) is 3.85. The average Bonchev–Trinajstić information content (AvgIpc) is 2.14. The number of rotatable bonds is 3. The maximum absolute atomic E-state index is 11.2. The number of carbonyl (C=O) groups is 1. The van der Waals surface area contributed by atoms with E-state index in [1.54, 1.807) is 0 Å². The molecule has 0 saturated heterocycles. The molecule has 1 aromatic heterocycles. The van der Waals surface area contributed by atoms with Crippen molar-refractivity contribution >= 4 is 21.5 Å². The standard InChI is InChI=1S/C7H6N2O6S/c1-16(14,15)6-5(9(12)13)4(7(10)11)2-3-8-6/h2-3H,1H3,(H,10,11). The SMILES string of the molecule is CS(=O)(=O)c1nccc(C(=O)O)c1[N+](=O)[O-]. The van der Waals surface area contributed by atoms with E-state index in [0.717, 1.165) is 12.3 Å². The molecule has 0 spiro atoms. The Hall–Kier alpha value is -2.03. The fourth-order valence-electron chi connectivity index (χ4n) is 1.06. The normalized spacial score (nSPS) is 11.1. The number of aromatic carboxylic acids is 1. The summed E-state index contributed by atoms with van der Waals surface area (Å²) in [6, 6.07) is 0.870. The van der Waals surface area contributed by atoms with Crippen LogP contribution >= 0.6 is 0 Å². The highest BCUT2D eigenvalue weighted by atomic mass is 32.2. The van der Waals surface area contributed by atoms with Crippen molar-refractivity contribution in [3.05, 3.63) is 27.9 Å². The molecule has 1 heterocycles. The Morgan fingerprint density at radius 3 is 2.50 bits per heavy atom. The molecule has 0 amide bonds. The molecule has 8 nitrogen and oxygen atoms in total. The maximum Gasteiger partial charge on any atom is 0.342 e. The first-order chi connectivity index (χ1) is 7.25. The third-order valence-electron chi connectivity index (χ3n) is 1.65. The molecular formula is C7H6N2O6S. The molecule has 9 heteroatoms. The molecule has 0 atom stereocenters. The monoisotopic (exact) mass is 246 g/mol. The van der Waals surface area contributed by atoms with E-state index in [4.69, 9.17) is 5.11 Å². The number of sulfone groups is 1. The van der Waals surface area contributed by atoms with E-state index in [1.165, 1.54) is 0 Å². The van der Waals surface area contributed by atoms with Crippen LogP contribution in [0, 0.1) is 10.1 Å². The topological polar surface area (TPSA) is 127 Å². The summed E-state index contributed by atoms with van der Waals surface area (Å²) < 4.78 is 22.3. The number of nitrogens with zero attached hydrogens (tertiary/aromatic N) is 2. The Morgan fingerprint density at radius 2 is 2.12 bits per heavy atom. The third kappa shape index (κ3) is 2.14. The number of aromatic nitrogens is 1. The zero-order valence-electron chi connectivity index (χ0n) is 7.95. The van der Waals surface area contributed by atoms with Gasteiger partial charge in [-0.3, -0.25) is 10.1 Å². The molecule has 1 aromatic rings. The fraction of sp³-hybridized carbons (Fsp3) is 0.143. The summed E-state index contributed by atoms with van der Waals surface area (Å²) in [5.74, 6) is -1.58. The summed E-state index contributed by atoms with van der Waals surface area (Å²) in [4.78, 5) is 23.6. The Bertz CT molecular complexity index is 564. The number of pyridine rings is 1. The van der Waals surface area contributed by atoms with Gasteiger partial charge in [0.05, 0.1) is 4.92 Å². The molecule has 0 aliphatic heterocycles. The van der Waals surface area contributed by atoms with E-state index < -0.39 is 37.0 Å². The summed E-state index contributed by atoms with van der Waals surface area (Å²) in [5, 5.41) is 18.5. The smallest absolute Gasteiger partial charge is 0.342 e. The first-order valence-electron chi connectivity index (χ1n) is 3.82. The van der Waals surface area contributed by atoms with Gasteiger partial charge in [0.25, 0.3) is 0 Å². The highest BCUT2D eigenvalue weighted by Gasteiger charge is 2.30. The van der Waals surface area contributed by atoms with Gasteiger partial charge in [0, 0.05) is 12.5 Å². The zero-order chi connectivity index (χ0) is 12.5. The van der Waals surface area contributed by atoms with Crippen molar-refractivity contribution < 1.29 is 23.2 Å². The predicted octanol–water partition coefficient (Wildman–Crippen LogP) is 0.0915. The van der Waals surface area contributed by atoms with Gasteiger partial charge in [-0.15, -0.1) is 0 Å². The second-order valence-electron chi connectivity index (χ2n) is 2.85. The quantitative estimate of drug-likeness (QED) is 0.591. The largest absolute Gasteiger partial charge is 0.477 e. The van der Waals surface area contributed by atoms with Crippen LogP contribution in [0.5, 0.6) is 0 Å². The highest BCUT2D eigenvalue weighted by molar-refractivity contribution is 7.90. The van der Waals surface area contributed by atoms with Crippen LogP contribution < -0.4 is 0 Å². The zero-order valence-corrected chi connectivity index (χ0v) is 8.76. The minimum absolute atomic E-state index is 0.708. The summed E-state index contributed by atoms with van der Waals surface area (Å²) in [7, 11) is -3.95. The van der Waals surface area contributed by atoms with E-state index in [9.17, 15) is 23.3 Å². The molecule has 16 heavy (non-hydrogen) atoms. The average molecular weight is 246 g/mol. The van der Waals surface area contributed by atoms with Crippen LogP contribution in [0.25, 0.3) is 0 Å². The van der Waals surface area contributed by atoms with Crippen LogP contribution in [-0.2, 0) is 9.84 Å². The van der Waals surface area contributed by atoms with Gasteiger partial charge in [-0.05, 0) is 6.07 Å². The first-order valence-corrected chi connectivity index (χ1v) is 5.71. The molecule has 0 aromatic carbocycles. The summed E-state index contributed by atoms with van der Waals surface area (Å²) in [5.41, 5.74) is -1.72. The minimum Gasteiger partial charge on any atom is -0.477 e. The Kier molecular flexibility index (Phi) is 2.90. The summed E-state index contributed by atoms with van der Waals surface area (Å²) in [6.07, 6.45) is 1.61. The number of hydrogen-bond acceptors (Lipinski definition) is 6. The number of hydrogen-bond donors (Lipinski definition) is 1. The van der Waals surface area contributed by atoms with Crippen molar-refractivity contribution in [2.75, 3.05) is 6.26 Å². The van der Waals surface area contributed by atoms with Crippen molar-refractivity contribution in [1.82, 2.24) is 4.98 Å². The molecule has 1 N–H and O–H groups in total. The van der Waals surface area contributed by atoms with Crippen LogP contribution in [0.3, 0.4) is 0 Å². The molecule has 0 radical (unpaired) electrons. The fourth-order valence-corrected chi connectivity index (χ4v) is 1.84. The lowest BCUT2D eigenvalue weighted by molar-refractivity contribution is -0.388. The molecule has 1 rings (SSSR count). The third-order valence-corrected chi connectivity index (χ3v) is 2.66. The minimum atomic E-state index is -3.95.